The number of benzene rings is 2. The zero-order valence-corrected chi connectivity index (χ0v) is 21.7. The average molecular weight is 492 g/mol. The zero-order chi connectivity index (χ0) is 25.9. The Hall–Kier alpha value is -3.32. The standard InChI is InChI=1S/C29H37N3O4/c1-28(2,3)36-27(35)30(4)17-8-9-22-12-13-24(23-10-6-5-7-11-23)25(21-22)32(26(33)34)29-14-18-31(19-15-29)20-16-29/h5-13,21H,14-20H2,1-4H3,(H,33,34). The van der Waals surface area contributed by atoms with Gasteiger partial charge in [-0.15, -0.1) is 0 Å². The van der Waals surface area contributed by atoms with Gasteiger partial charge in [0.15, 0.2) is 0 Å². The van der Waals surface area contributed by atoms with Gasteiger partial charge in [-0.1, -0.05) is 54.6 Å². The van der Waals surface area contributed by atoms with Crippen LogP contribution in [0, 0.1) is 0 Å². The molecule has 0 saturated carbocycles. The second kappa shape index (κ2) is 10.3. The minimum absolute atomic E-state index is 0.382. The fourth-order valence-electron chi connectivity index (χ4n) is 5.17. The maximum atomic E-state index is 12.8. The SMILES string of the molecule is CN(CC=Cc1ccc(-c2ccccc2)c(N(C(=O)O)C23CCN(CC2)CC3)c1)C(=O)OC(C)(C)C. The molecule has 1 N–H and O–H groups in total. The number of amides is 2. The van der Waals surface area contributed by atoms with E-state index in [4.69, 9.17) is 4.74 Å². The highest BCUT2D eigenvalue weighted by Gasteiger charge is 2.47. The third-order valence-electron chi connectivity index (χ3n) is 7.09. The third kappa shape index (κ3) is 5.73. The topological polar surface area (TPSA) is 73.3 Å². The third-order valence-corrected chi connectivity index (χ3v) is 7.09. The van der Waals surface area contributed by atoms with Crippen LogP contribution in [0.4, 0.5) is 15.3 Å². The monoisotopic (exact) mass is 491 g/mol. The van der Waals surface area contributed by atoms with Crippen molar-refractivity contribution < 1.29 is 19.4 Å². The van der Waals surface area contributed by atoms with Crippen molar-refractivity contribution in [3.63, 3.8) is 0 Å². The molecule has 2 bridgehead atoms. The van der Waals surface area contributed by atoms with Gasteiger partial charge in [-0.2, -0.15) is 0 Å². The van der Waals surface area contributed by atoms with Crippen LogP contribution in [0.1, 0.15) is 45.6 Å². The molecular weight excluding hydrogens is 454 g/mol. The number of hydrogen-bond acceptors (Lipinski definition) is 4. The molecule has 0 atom stereocenters. The number of anilines is 1. The lowest BCUT2D eigenvalue weighted by Gasteiger charge is -2.53. The van der Waals surface area contributed by atoms with E-state index in [0.717, 1.165) is 55.6 Å². The molecule has 192 valence electrons. The molecule has 36 heavy (non-hydrogen) atoms. The molecule has 3 aliphatic heterocycles. The van der Waals surface area contributed by atoms with Crippen molar-refractivity contribution >= 4 is 23.9 Å². The van der Waals surface area contributed by atoms with Gasteiger partial charge < -0.3 is 19.6 Å². The Labute approximate surface area is 214 Å². The van der Waals surface area contributed by atoms with Crippen molar-refractivity contribution in [3.05, 3.63) is 60.2 Å². The molecule has 5 rings (SSSR count). The van der Waals surface area contributed by atoms with Crippen LogP contribution >= 0.6 is 0 Å². The van der Waals surface area contributed by atoms with Crippen LogP contribution in [0.2, 0.25) is 0 Å². The fourth-order valence-corrected chi connectivity index (χ4v) is 5.17. The molecule has 2 amide bonds. The molecule has 3 fully saturated rings. The van der Waals surface area contributed by atoms with Gasteiger partial charge in [0.1, 0.15) is 5.60 Å². The summed E-state index contributed by atoms with van der Waals surface area (Å²) >= 11 is 0. The van der Waals surface area contributed by atoms with Crippen LogP contribution in [0.15, 0.2) is 54.6 Å². The van der Waals surface area contributed by atoms with Gasteiger partial charge >= 0.3 is 12.2 Å². The Balaban J connectivity index is 1.66. The lowest BCUT2D eigenvalue weighted by atomic mass is 9.78. The van der Waals surface area contributed by atoms with E-state index in [-0.39, 0.29) is 11.6 Å². The van der Waals surface area contributed by atoms with Crippen LogP contribution in [-0.2, 0) is 4.74 Å². The van der Waals surface area contributed by atoms with Crippen molar-refractivity contribution in [1.29, 1.82) is 0 Å². The molecule has 0 unspecified atom stereocenters. The van der Waals surface area contributed by atoms with Crippen LogP contribution in [-0.4, -0.2) is 71.5 Å². The number of fused-ring (bicyclic) bond motifs is 3. The number of likely N-dealkylation sites (N-methyl/N-ethyl adjacent to an activating group) is 1. The van der Waals surface area contributed by atoms with Gasteiger partial charge in [0.05, 0.1) is 11.2 Å². The predicted octanol–water partition coefficient (Wildman–Crippen LogP) is 5.96. The first kappa shape index (κ1) is 25.8. The maximum absolute atomic E-state index is 12.8. The molecule has 2 aromatic rings. The van der Waals surface area contributed by atoms with Crippen molar-refractivity contribution in [1.82, 2.24) is 9.80 Å². The van der Waals surface area contributed by atoms with Crippen molar-refractivity contribution in [2.24, 2.45) is 0 Å². The molecule has 2 aromatic carbocycles. The number of hydrogen-bond donors (Lipinski definition) is 1. The molecule has 0 aliphatic carbocycles. The summed E-state index contributed by atoms with van der Waals surface area (Å²) in [6.45, 7) is 8.70. The molecular formula is C29H37N3O4. The van der Waals surface area contributed by atoms with Gasteiger partial charge in [0, 0.05) is 38.8 Å². The van der Waals surface area contributed by atoms with E-state index >= 15 is 0 Å². The minimum atomic E-state index is -0.909. The molecule has 0 radical (unpaired) electrons. The molecule has 3 saturated heterocycles. The van der Waals surface area contributed by atoms with Gasteiger partial charge in [0.25, 0.3) is 0 Å². The smallest absolute Gasteiger partial charge is 0.412 e. The molecule has 7 heteroatoms. The predicted molar refractivity (Wildman–Crippen MR) is 143 cm³/mol. The Bertz CT molecular complexity index is 1100. The Morgan fingerprint density at radius 3 is 2.28 bits per heavy atom. The quantitative estimate of drug-likeness (QED) is 0.540. The number of carboxylic acid groups (broad SMARTS) is 1. The first-order chi connectivity index (χ1) is 17.1. The molecule has 3 aliphatic rings. The zero-order valence-electron chi connectivity index (χ0n) is 21.7. The summed E-state index contributed by atoms with van der Waals surface area (Å²) in [6, 6.07) is 15.9. The van der Waals surface area contributed by atoms with E-state index in [2.05, 4.69) is 4.90 Å². The highest BCUT2D eigenvalue weighted by atomic mass is 16.6. The summed E-state index contributed by atoms with van der Waals surface area (Å²) in [5, 5.41) is 10.5. The normalized spacial score (nSPS) is 21.4. The molecule has 3 heterocycles. The largest absolute Gasteiger partial charge is 0.465 e. The van der Waals surface area contributed by atoms with E-state index in [0.29, 0.717) is 12.2 Å². The molecule has 0 aromatic heterocycles. The van der Waals surface area contributed by atoms with Gasteiger partial charge in [-0.05, 0) is 57.2 Å². The van der Waals surface area contributed by atoms with Gasteiger partial charge in [-0.3, -0.25) is 4.90 Å². The van der Waals surface area contributed by atoms with Gasteiger partial charge in [-0.25, -0.2) is 9.59 Å². The van der Waals surface area contributed by atoms with Crippen molar-refractivity contribution in [3.8, 4) is 11.1 Å². The summed E-state index contributed by atoms with van der Waals surface area (Å²) in [6.07, 6.45) is 5.06. The highest BCUT2D eigenvalue weighted by molar-refractivity contribution is 5.95. The second-order valence-corrected chi connectivity index (χ2v) is 10.8. The van der Waals surface area contributed by atoms with E-state index in [1.807, 2.05) is 81.5 Å². The molecule has 7 nitrogen and oxygen atoms in total. The lowest BCUT2D eigenvalue weighted by molar-refractivity contribution is 0.0318. The van der Waals surface area contributed by atoms with Crippen LogP contribution < -0.4 is 4.90 Å². The fraction of sp³-hybridized carbons (Fsp3) is 0.448. The first-order valence-electron chi connectivity index (χ1n) is 12.6. The van der Waals surface area contributed by atoms with Crippen molar-refractivity contribution in [2.45, 2.75) is 51.2 Å². The highest BCUT2D eigenvalue weighted by Crippen LogP contribution is 2.43. The Kier molecular flexibility index (Phi) is 7.41. The summed E-state index contributed by atoms with van der Waals surface area (Å²) in [5.41, 5.74) is 2.56. The summed E-state index contributed by atoms with van der Waals surface area (Å²) < 4.78 is 5.42. The van der Waals surface area contributed by atoms with E-state index in [9.17, 15) is 14.7 Å². The number of carbonyl (C=O) groups excluding carboxylic acids is 1. The summed E-state index contributed by atoms with van der Waals surface area (Å²) in [4.78, 5) is 30.6. The number of piperidine rings is 3. The summed E-state index contributed by atoms with van der Waals surface area (Å²) in [5.74, 6) is 0. The maximum Gasteiger partial charge on any atom is 0.412 e. The number of carbonyl (C=O) groups is 2. The van der Waals surface area contributed by atoms with E-state index in [1.165, 1.54) is 4.90 Å². The van der Waals surface area contributed by atoms with Crippen molar-refractivity contribution in [2.75, 3.05) is 38.1 Å². The Morgan fingerprint density at radius 2 is 1.69 bits per heavy atom. The molecule has 0 spiro atoms. The average Bonchev–Trinajstić information content (AvgIpc) is 2.84. The lowest BCUT2D eigenvalue weighted by Crippen LogP contribution is -2.62. The number of rotatable bonds is 6. The van der Waals surface area contributed by atoms with E-state index in [1.54, 1.807) is 11.9 Å². The van der Waals surface area contributed by atoms with Gasteiger partial charge in [0.2, 0.25) is 0 Å². The Morgan fingerprint density at radius 1 is 1.06 bits per heavy atom. The van der Waals surface area contributed by atoms with Crippen LogP contribution in [0.3, 0.4) is 0 Å². The van der Waals surface area contributed by atoms with E-state index < -0.39 is 11.7 Å². The van der Waals surface area contributed by atoms with Crippen LogP contribution in [0.25, 0.3) is 17.2 Å². The summed E-state index contributed by atoms with van der Waals surface area (Å²) in [7, 11) is 1.70. The van der Waals surface area contributed by atoms with Crippen LogP contribution in [0.5, 0.6) is 0 Å². The minimum Gasteiger partial charge on any atom is -0.465 e. The first-order valence-corrected chi connectivity index (χ1v) is 12.6. The number of nitrogens with zero attached hydrogens (tertiary/aromatic N) is 3. The second-order valence-electron chi connectivity index (χ2n) is 10.8. The number of ether oxygens (including phenoxy) is 1.